The van der Waals surface area contributed by atoms with Crippen LogP contribution in [-0.4, -0.2) is 26.3 Å². The third-order valence-electron chi connectivity index (χ3n) is 1.86. The van der Waals surface area contributed by atoms with Crippen LogP contribution in [0.3, 0.4) is 0 Å². The Bertz CT molecular complexity index is 467. The maximum absolute atomic E-state index is 11.2. The number of amides is 1. The van der Waals surface area contributed by atoms with E-state index in [1.807, 2.05) is 0 Å². The van der Waals surface area contributed by atoms with Crippen LogP contribution in [-0.2, 0) is 4.79 Å². The van der Waals surface area contributed by atoms with E-state index in [2.05, 4.69) is 11.9 Å². The van der Waals surface area contributed by atoms with Gasteiger partial charge in [-0.15, -0.1) is 0 Å². The molecule has 1 aromatic carbocycles. The summed E-state index contributed by atoms with van der Waals surface area (Å²) in [5.74, 6) is -3.74. The van der Waals surface area contributed by atoms with Crippen molar-refractivity contribution in [3.8, 4) is 23.0 Å². The first-order valence-electron chi connectivity index (χ1n) is 4.28. The van der Waals surface area contributed by atoms with Crippen molar-refractivity contribution < 1.29 is 25.2 Å². The molecule has 1 rings (SSSR count). The fourth-order valence-electron chi connectivity index (χ4n) is 0.959. The van der Waals surface area contributed by atoms with Crippen LogP contribution in [0.1, 0.15) is 6.92 Å². The van der Waals surface area contributed by atoms with Gasteiger partial charge in [-0.3, -0.25) is 4.79 Å². The van der Waals surface area contributed by atoms with Crippen molar-refractivity contribution >= 4 is 11.6 Å². The molecule has 0 radical (unpaired) electrons. The smallest absolute Gasteiger partial charge is 0.250 e. The summed E-state index contributed by atoms with van der Waals surface area (Å²) in [6, 6.07) is 0.908. The number of rotatable bonds is 2. The summed E-state index contributed by atoms with van der Waals surface area (Å²) in [5.41, 5.74) is -0.0349. The number of hydrogen-bond acceptors (Lipinski definition) is 5. The summed E-state index contributed by atoms with van der Waals surface area (Å²) in [5, 5.41) is 39.0. The van der Waals surface area contributed by atoms with Crippen molar-refractivity contribution in [1.29, 1.82) is 0 Å². The number of aromatic hydroxyl groups is 4. The Morgan fingerprint density at radius 1 is 1.19 bits per heavy atom. The molecule has 5 N–H and O–H groups in total. The van der Waals surface area contributed by atoms with Crippen molar-refractivity contribution in [3.63, 3.8) is 0 Å². The predicted molar refractivity (Wildman–Crippen MR) is 56.5 cm³/mol. The highest BCUT2D eigenvalue weighted by Gasteiger charge is 2.17. The minimum atomic E-state index is -0.906. The SMILES string of the molecule is C=C(C)C(=O)Nc1cc(O)c(O)c(O)c1O. The zero-order chi connectivity index (χ0) is 12.5. The zero-order valence-corrected chi connectivity index (χ0v) is 8.48. The lowest BCUT2D eigenvalue weighted by Gasteiger charge is -2.10. The van der Waals surface area contributed by atoms with E-state index in [-0.39, 0.29) is 11.3 Å². The van der Waals surface area contributed by atoms with Crippen LogP contribution in [0.15, 0.2) is 18.2 Å². The third kappa shape index (κ3) is 2.00. The highest BCUT2D eigenvalue weighted by molar-refractivity contribution is 6.04. The second kappa shape index (κ2) is 4.01. The maximum atomic E-state index is 11.2. The number of phenols is 4. The topological polar surface area (TPSA) is 110 Å². The van der Waals surface area contributed by atoms with Gasteiger partial charge in [0, 0.05) is 11.6 Å². The largest absolute Gasteiger partial charge is 0.504 e. The van der Waals surface area contributed by atoms with Crippen LogP contribution in [0.2, 0.25) is 0 Å². The molecule has 16 heavy (non-hydrogen) atoms. The molecule has 1 amide bonds. The van der Waals surface area contributed by atoms with E-state index >= 15 is 0 Å². The van der Waals surface area contributed by atoms with Crippen molar-refractivity contribution in [2.45, 2.75) is 6.92 Å². The van der Waals surface area contributed by atoms with Crippen molar-refractivity contribution in [2.75, 3.05) is 5.32 Å². The molecule has 0 spiro atoms. The summed E-state index contributed by atoms with van der Waals surface area (Å²) in [4.78, 5) is 11.2. The maximum Gasteiger partial charge on any atom is 0.250 e. The fourth-order valence-corrected chi connectivity index (χ4v) is 0.959. The standard InChI is InChI=1S/C10H11NO5/c1-4(2)10(16)11-5-3-6(12)8(14)9(15)7(5)13/h3,12-15H,1H2,2H3,(H,11,16). The molecule has 0 unspecified atom stereocenters. The molecule has 0 aromatic heterocycles. The van der Waals surface area contributed by atoms with Gasteiger partial charge in [-0.25, -0.2) is 0 Å². The second-order valence-electron chi connectivity index (χ2n) is 3.22. The summed E-state index contributed by atoms with van der Waals surface area (Å²) in [6.45, 7) is 4.83. The van der Waals surface area contributed by atoms with E-state index < -0.39 is 28.9 Å². The van der Waals surface area contributed by atoms with Gasteiger partial charge in [0.2, 0.25) is 11.5 Å². The number of hydrogen-bond donors (Lipinski definition) is 5. The fraction of sp³-hybridized carbons (Fsp3) is 0.100. The molecule has 0 heterocycles. The Labute approximate surface area is 91.1 Å². The van der Waals surface area contributed by atoms with Crippen LogP contribution in [0.4, 0.5) is 5.69 Å². The molecule has 0 saturated carbocycles. The first-order valence-corrected chi connectivity index (χ1v) is 4.28. The third-order valence-corrected chi connectivity index (χ3v) is 1.86. The van der Waals surface area contributed by atoms with Gasteiger partial charge in [0.1, 0.15) is 0 Å². The highest BCUT2D eigenvalue weighted by Crippen LogP contribution is 2.46. The Morgan fingerprint density at radius 2 is 1.75 bits per heavy atom. The molecular weight excluding hydrogens is 214 g/mol. The highest BCUT2D eigenvalue weighted by atomic mass is 16.3. The monoisotopic (exact) mass is 225 g/mol. The quantitative estimate of drug-likeness (QED) is 0.293. The molecule has 0 saturated heterocycles. The zero-order valence-electron chi connectivity index (χ0n) is 8.48. The molecule has 6 nitrogen and oxygen atoms in total. The van der Waals surface area contributed by atoms with Crippen LogP contribution < -0.4 is 5.32 Å². The van der Waals surface area contributed by atoms with Crippen LogP contribution in [0.5, 0.6) is 23.0 Å². The van der Waals surface area contributed by atoms with Gasteiger partial charge in [-0.1, -0.05) is 6.58 Å². The van der Waals surface area contributed by atoms with Gasteiger partial charge >= 0.3 is 0 Å². The van der Waals surface area contributed by atoms with Crippen molar-refractivity contribution in [2.24, 2.45) is 0 Å². The number of carbonyl (C=O) groups is 1. The average molecular weight is 225 g/mol. The lowest BCUT2D eigenvalue weighted by molar-refractivity contribution is -0.112. The van der Waals surface area contributed by atoms with Crippen LogP contribution >= 0.6 is 0 Å². The van der Waals surface area contributed by atoms with E-state index in [1.54, 1.807) is 0 Å². The van der Waals surface area contributed by atoms with Crippen molar-refractivity contribution in [1.82, 2.24) is 0 Å². The van der Waals surface area contributed by atoms with E-state index in [1.165, 1.54) is 6.92 Å². The van der Waals surface area contributed by atoms with Gasteiger partial charge in [0.15, 0.2) is 11.5 Å². The number of carbonyl (C=O) groups excluding carboxylic acids is 1. The molecule has 0 aliphatic rings. The summed E-state index contributed by atoms with van der Waals surface area (Å²) >= 11 is 0. The first-order chi connectivity index (χ1) is 7.34. The lowest BCUT2D eigenvalue weighted by atomic mass is 10.2. The molecular formula is C10H11NO5. The van der Waals surface area contributed by atoms with E-state index in [0.717, 1.165) is 6.07 Å². The minimum absolute atomic E-state index is 0.187. The van der Waals surface area contributed by atoms with Gasteiger partial charge < -0.3 is 25.7 Å². The molecule has 0 aliphatic carbocycles. The second-order valence-corrected chi connectivity index (χ2v) is 3.22. The lowest BCUT2D eigenvalue weighted by Crippen LogP contribution is -2.11. The summed E-state index contributed by atoms with van der Waals surface area (Å²) in [7, 11) is 0. The number of benzene rings is 1. The Morgan fingerprint density at radius 3 is 2.25 bits per heavy atom. The predicted octanol–water partition coefficient (Wildman–Crippen LogP) is 1.02. The first kappa shape index (κ1) is 11.7. The van der Waals surface area contributed by atoms with Gasteiger partial charge in [-0.2, -0.15) is 0 Å². The van der Waals surface area contributed by atoms with Gasteiger partial charge in [-0.05, 0) is 6.92 Å². The minimum Gasteiger partial charge on any atom is -0.504 e. The Hall–Kier alpha value is -2.37. The molecule has 0 aliphatic heterocycles. The van der Waals surface area contributed by atoms with E-state index in [0.29, 0.717) is 0 Å². The normalized spacial score (nSPS) is 9.81. The Balaban J connectivity index is 3.16. The number of anilines is 1. The van der Waals surface area contributed by atoms with Crippen LogP contribution in [0, 0.1) is 0 Å². The molecule has 0 atom stereocenters. The number of nitrogens with one attached hydrogen (secondary N) is 1. The van der Waals surface area contributed by atoms with E-state index in [4.69, 9.17) is 10.2 Å². The summed E-state index contributed by atoms with van der Waals surface area (Å²) < 4.78 is 0. The molecule has 6 heteroatoms. The van der Waals surface area contributed by atoms with Crippen molar-refractivity contribution in [3.05, 3.63) is 18.2 Å². The van der Waals surface area contributed by atoms with Crippen LogP contribution in [0.25, 0.3) is 0 Å². The molecule has 0 fully saturated rings. The molecule has 0 bridgehead atoms. The number of phenolic OH excluding ortho intramolecular Hbond substituents is 4. The van der Waals surface area contributed by atoms with E-state index in [9.17, 15) is 15.0 Å². The Kier molecular flexibility index (Phi) is 2.94. The van der Waals surface area contributed by atoms with Gasteiger partial charge in [0.05, 0.1) is 5.69 Å². The molecule has 1 aromatic rings. The average Bonchev–Trinajstić information content (AvgIpc) is 2.22. The van der Waals surface area contributed by atoms with Gasteiger partial charge in [0.25, 0.3) is 5.91 Å². The molecule has 86 valence electrons. The summed E-state index contributed by atoms with van der Waals surface area (Å²) in [6.07, 6.45) is 0.